The number of guanidine groups is 1. The second kappa shape index (κ2) is 9.58. The lowest BCUT2D eigenvalue weighted by Crippen LogP contribution is -2.52. The number of hydrogen-bond acceptors (Lipinski definition) is 5. The van der Waals surface area contributed by atoms with Crippen molar-refractivity contribution in [3.63, 3.8) is 0 Å². The number of hydrogen-bond donors (Lipinski definition) is 1. The SMILES string of the molecule is CCNC(=NCc1ccnc(N2CCCC2)c1)N1CCN(c2ccccn2)CC1. The monoisotopic (exact) mass is 393 g/mol. The fraction of sp³-hybridized carbons (Fsp3) is 0.500. The van der Waals surface area contributed by atoms with Gasteiger partial charge in [0, 0.05) is 58.2 Å². The third-order valence-electron chi connectivity index (χ3n) is 5.54. The zero-order valence-electron chi connectivity index (χ0n) is 17.3. The van der Waals surface area contributed by atoms with Gasteiger partial charge in [0.05, 0.1) is 6.54 Å². The van der Waals surface area contributed by atoms with E-state index in [2.05, 4.69) is 55.1 Å². The molecule has 0 bridgehead atoms. The molecular formula is C22H31N7. The van der Waals surface area contributed by atoms with E-state index in [4.69, 9.17) is 4.99 Å². The van der Waals surface area contributed by atoms with Gasteiger partial charge in [-0.25, -0.2) is 15.0 Å². The summed E-state index contributed by atoms with van der Waals surface area (Å²) in [5.41, 5.74) is 1.21. The smallest absolute Gasteiger partial charge is 0.194 e. The first-order chi connectivity index (χ1) is 14.3. The molecule has 0 saturated carbocycles. The van der Waals surface area contributed by atoms with Gasteiger partial charge in [-0.1, -0.05) is 6.07 Å². The average molecular weight is 394 g/mol. The minimum atomic E-state index is 0.673. The van der Waals surface area contributed by atoms with Crippen LogP contribution in [-0.4, -0.2) is 66.6 Å². The molecule has 0 aromatic carbocycles. The van der Waals surface area contributed by atoms with Crippen LogP contribution in [0.15, 0.2) is 47.7 Å². The number of pyridine rings is 2. The van der Waals surface area contributed by atoms with Gasteiger partial charge >= 0.3 is 0 Å². The predicted molar refractivity (Wildman–Crippen MR) is 119 cm³/mol. The van der Waals surface area contributed by atoms with Crippen LogP contribution in [0.5, 0.6) is 0 Å². The van der Waals surface area contributed by atoms with Gasteiger partial charge in [-0.3, -0.25) is 0 Å². The highest BCUT2D eigenvalue weighted by Gasteiger charge is 2.20. The molecule has 0 unspecified atom stereocenters. The number of aromatic nitrogens is 2. The summed E-state index contributed by atoms with van der Waals surface area (Å²) in [6, 6.07) is 10.4. The van der Waals surface area contributed by atoms with Crippen LogP contribution in [0.4, 0.5) is 11.6 Å². The molecule has 0 amide bonds. The maximum absolute atomic E-state index is 4.92. The molecule has 2 aliphatic heterocycles. The van der Waals surface area contributed by atoms with Crippen molar-refractivity contribution in [2.24, 2.45) is 4.99 Å². The van der Waals surface area contributed by atoms with Crippen LogP contribution in [0.25, 0.3) is 0 Å². The van der Waals surface area contributed by atoms with E-state index in [9.17, 15) is 0 Å². The lowest BCUT2D eigenvalue weighted by molar-refractivity contribution is 0.371. The van der Waals surface area contributed by atoms with Crippen LogP contribution in [0.2, 0.25) is 0 Å². The van der Waals surface area contributed by atoms with Crippen molar-refractivity contribution in [2.45, 2.75) is 26.3 Å². The summed E-state index contributed by atoms with van der Waals surface area (Å²) in [6.45, 7) is 9.69. The minimum absolute atomic E-state index is 0.673. The molecule has 2 aliphatic rings. The number of nitrogens with zero attached hydrogens (tertiary/aromatic N) is 6. The maximum atomic E-state index is 4.92. The van der Waals surface area contributed by atoms with E-state index in [0.717, 1.165) is 63.4 Å². The van der Waals surface area contributed by atoms with Crippen LogP contribution >= 0.6 is 0 Å². The molecule has 0 atom stereocenters. The zero-order valence-corrected chi connectivity index (χ0v) is 17.3. The van der Waals surface area contributed by atoms with Crippen LogP contribution in [-0.2, 0) is 6.54 Å². The van der Waals surface area contributed by atoms with Gasteiger partial charge in [0.2, 0.25) is 0 Å². The number of nitrogens with one attached hydrogen (secondary N) is 1. The van der Waals surface area contributed by atoms with Crippen LogP contribution in [0.3, 0.4) is 0 Å². The van der Waals surface area contributed by atoms with Crippen LogP contribution in [0, 0.1) is 0 Å². The van der Waals surface area contributed by atoms with E-state index < -0.39 is 0 Å². The Labute approximate surface area is 173 Å². The first kappa shape index (κ1) is 19.5. The van der Waals surface area contributed by atoms with Crippen molar-refractivity contribution in [2.75, 3.05) is 55.6 Å². The second-order valence-electron chi connectivity index (χ2n) is 7.55. The molecule has 154 valence electrons. The number of rotatable bonds is 5. The highest BCUT2D eigenvalue weighted by atomic mass is 15.4. The Kier molecular flexibility index (Phi) is 6.44. The normalized spacial score (nSPS) is 17.7. The van der Waals surface area contributed by atoms with E-state index in [1.807, 2.05) is 24.5 Å². The summed E-state index contributed by atoms with van der Waals surface area (Å²) in [7, 11) is 0. The summed E-state index contributed by atoms with van der Waals surface area (Å²) in [5, 5.41) is 3.46. The number of piperazine rings is 1. The summed E-state index contributed by atoms with van der Waals surface area (Å²) in [4.78, 5) is 21.0. The van der Waals surface area contributed by atoms with Gasteiger partial charge in [-0.2, -0.15) is 0 Å². The Bertz CT molecular complexity index is 794. The van der Waals surface area contributed by atoms with Gasteiger partial charge in [-0.15, -0.1) is 0 Å². The van der Waals surface area contributed by atoms with Gasteiger partial charge in [0.1, 0.15) is 11.6 Å². The molecule has 4 rings (SSSR count). The summed E-state index contributed by atoms with van der Waals surface area (Å²) < 4.78 is 0. The maximum Gasteiger partial charge on any atom is 0.194 e. The molecule has 0 spiro atoms. The fourth-order valence-corrected chi connectivity index (χ4v) is 3.96. The summed E-state index contributed by atoms with van der Waals surface area (Å²) >= 11 is 0. The average Bonchev–Trinajstić information content (AvgIpc) is 3.33. The molecule has 7 heteroatoms. The molecule has 29 heavy (non-hydrogen) atoms. The largest absolute Gasteiger partial charge is 0.357 e. The van der Waals surface area contributed by atoms with E-state index in [1.165, 1.54) is 18.4 Å². The first-order valence-electron chi connectivity index (χ1n) is 10.7. The standard InChI is InChI=1S/C22H31N7/c1-2-23-22(29-15-13-28(14-16-29)20-7-3-4-9-24-20)26-18-19-8-10-25-21(17-19)27-11-5-6-12-27/h3-4,7-10,17H,2,5-6,11-16,18H2,1H3,(H,23,26). The van der Waals surface area contributed by atoms with Gasteiger partial charge in [-0.05, 0) is 49.6 Å². The molecule has 2 fully saturated rings. The quantitative estimate of drug-likeness (QED) is 0.622. The molecular weight excluding hydrogens is 362 g/mol. The molecule has 0 radical (unpaired) electrons. The van der Waals surface area contributed by atoms with Crippen molar-refractivity contribution in [1.29, 1.82) is 0 Å². The van der Waals surface area contributed by atoms with E-state index >= 15 is 0 Å². The lowest BCUT2D eigenvalue weighted by atomic mass is 10.2. The van der Waals surface area contributed by atoms with Crippen molar-refractivity contribution in [1.82, 2.24) is 20.2 Å². The van der Waals surface area contributed by atoms with Crippen molar-refractivity contribution < 1.29 is 0 Å². The molecule has 2 saturated heterocycles. The second-order valence-corrected chi connectivity index (χ2v) is 7.55. The molecule has 1 N–H and O–H groups in total. The first-order valence-corrected chi connectivity index (χ1v) is 10.7. The van der Waals surface area contributed by atoms with Gasteiger partial charge in [0.15, 0.2) is 5.96 Å². The number of aliphatic imine (C=N–C) groups is 1. The van der Waals surface area contributed by atoms with Crippen LogP contribution in [0.1, 0.15) is 25.3 Å². The van der Waals surface area contributed by atoms with Crippen molar-refractivity contribution >= 4 is 17.6 Å². The Hall–Kier alpha value is -2.83. The predicted octanol–water partition coefficient (Wildman–Crippen LogP) is 2.36. The van der Waals surface area contributed by atoms with Gasteiger partial charge < -0.3 is 20.0 Å². The van der Waals surface area contributed by atoms with E-state index in [-0.39, 0.29) is 0 Å². The van der Waals surface area contributed by atoms with Crippen molar-refractivity contribution in [3.05, 3.63) is 48.3 Å². The van der Waals surface area contributed by atoms with Crippen molar-refractivity contribution in [3.8, 4) is 0 Å². The highest BCUT2D eigenvalue weighted by molar-refractivity contribution is 5.80. The molecule has 4 heterocycles. The Balaban J connectivity index is 1.39. The van der Waals surface area contributed by atoms with E-state index in [1.54, 1.807) is 0 Å². The molecule has 2 aromatic heterocycles. The summed E-state index contributed by atoms with van der Waals surface area (Å²) in [5.74, 6) is 3.14. The topological polar surface area (TPSA) is 59.9 Å². The molecule has 0 aliphatic carbocycles. The zero-order chi connectivity index (χ0) is 19.9. The minimum Gasteiger partial charge on any atom is -0.357 e. The summed E-state index contributed by atoms with van der Waals surface area (Å²) in [6.07, 6.45) is 6.30. The van der Waals surface area contributed by atoms with E-state index in [0.29, 0.717) is 6.54 Å². The Morgan fingerprint density at radius 3 is 2.41 bits per heavy atom. The lowest BCUT2D eigenvalue weighted by Gasteiger charge is -2.37. The Morgan fingerprint density at radius 2 is 1.69 bits per heavy atom. The highest BCUT2D eigenvalue weighted by Crippen LogP contribution is 2.19. The van der Waals surface area contributed by atoms with Gasteiger partial charge in [0.25, 0.3) is 0 Å². The molecule has 2 aromatic rings. The molecule has 7 nitrogen and oxygen atoms in total. The third-order valence-corrected chi connectivity index (χ3v) is 5.54. The van der Waals surface area contributed by atoms with Crippen LogP contribution < -0.4 is 15.1 Å². The number of anilines is 2. The Morgan fingerprint density at radius 1 is 0.931 bits per heavy atom. The third kappa shape index (κ3) is 4.96. The fourth-order valence-electron chi connectivity index (χ4n) is 3.96.